The zero-order valence-electron chi connectivity index (χ0n) is 19.6. The Morgan fingerprint density at radius 1 is 0.909 bits per heavy atom. The molecule has 4 nitrogen and oxygen atoms in total. The number of rotatable bonds is 14. The molecule has 0 unspecified atom stereocenters. The van der Waals surface area contributed by atoms with E-state index in [1.165, 1.54) is 51.4 Å². The molecule has 0 saturated heterocycles. The van der Waals surface area contributed by atoms with Crippen LogP contribution in [0.2, 0.25) is 10.0 Å². The number of nitrogens with zero attached hydrogens (tertiary/aromatic N) is 2. The number of carbonyl (C=O) groups excluding carboxylic acids is 1. The SMILES string of the molecule is CCCCCCCCCCCCNC(=O)c1nn(Cc2ccc(Cl)cc2Cl)c2ccccc12. The third kappa shape index (κ3) is 7.75. The molecule has 1 aromatic heterocycles. The maximum atomic E-state index is 12.9. The molecule has 3 aromatic rings. The zero-order valence-corrected chi connectivity index (χ0v) is 21.1. The van der Waals surface area contributed by atoms with Crippen molar-refractivity contribution >= 4 is 40.0 Å². The Morgan fingerprint density at radius 2 is 1.58 bits per heavy atom. The lowest BCUT2D eigenvalue weighted by atomic mass is 10.1. The Labute approximate surface area is 207 Å². The number of aromatic nitrogens is 2. The van der Waals surface area contributed by atoms with Gasteiger partial charge in [-0.3, -0.25) is 9.48 Å². The summed E-state index contributed by atoms with van der Waals surface area (Å²) in [5, 5.41) is 9.73. The monoisotopic (exact) mass is 487 g/mol. The molecule has 0 aliphatic heterocycles. The van der Waals surface area contributed by atoms with Crippen molar-refractivity contribution in [1.29, 1.82) is 0 Å². The average Bonchev–Trinajstić information content (AvgIpc) is 3.18. The maximum Gasteiger partial charge on any atom is 0.272 e. The highest BCUT2D eigenvalue weighted by Gasteiger charge is 2.17. The van der Waals surface area contributed by atoms with Gasteiger partial charge in [0.25, 0.3) is 5.91 Å². The fourth-order valence-corrected chi connectivity index (χ4v) is 4.59. The minimum Gasteiger partial charge on any atom is -0.351 e. The van der Waals surface area contributed by atoms with Crippen LogP contribution in [0.25, 0.3) is 10.9 Å². The second-order valence-electron chi connectivity index (χ2n) is 8.70. The van der Waals surface area contributed by atoms with Gasteiger partial charge in [-0.15, -0.1) is 0 Å². The van der Waals surface area contributed by atoms with Gasteiger partial charge in [0.15, 0.2) is 5.69 Å². The normalized spacial score (nSPS) is 11.2. The Balaban J connectivity index is 1.49. The topological polar surface area (TPSA) is 46.9 Å². The van der Waals surface area contributed by atoms with Crippen molar-refractivity contribution in [2.24, 2.45) is 0 Å². The molecule has 1 amide bonds. The highest BCUT2D eigenvalue weighted by molar-refractivity contribution is 6.35. The number of fused-ring (bicyclic) bond motifs is 1. The van der Waals surface area contributed by atoms with Crippen molar-refractivity contribution in [2.75, 3.05) is 6.54 Å². The molecule has 2 aromatic carbocycles. The summed E-state index contributed by atoms with van der Waals surface area (Å²) in [6.07, 6.45) is 12.8. The van der Waals surface area contributed by atoms with Crippen molar-refractivity contribution in [3.63, 3.8) is 0 Å². The molecule has 0 atom stereocenters. The Hall–Kier alpha value is -2.04. The van der Waals surface area contributed by atoms with Gasteiger partial charge in [0.2, 0.25) is 0 Å². The van der Waals surface area contributed by atoms with Crippen LogP contribution < -0.4 is 5.32 Å². The van der Waals surface area contributed by atoms with Gasteiger partial charge in [-0.25, -0.2) is 0 Å². The fourth-order valence-electron chi connectivity index (χ4n) is 4.13. The predicted molar refractivity (Wildman–Crippen MR) is 139 cm³/mol. The van der Waals surface area contributed by atoms with E-state index >= 15 is 0 Å². The first kappa shape index (κ1) is 25.6. The van der Waals surface area contributed by atoms with E-state index in [2.05, 4.69) is 17.3 Å². The molecule has 0 spiro atoms. The summed E-state index contributed by atoms with van der Waals surface area (Å²) in [5.74, 6) is -0.122. The smallest absolute Gasteiger partial charge is 0.272 e. The van der Waals surface area contributed by atoms with Crippen molar-refractivity contribution in [3.05, 3.63) is 63.8 Å². The zero-order chi connectivity index (χ0) is 23.5. The molecular formula is C27H35Cl2N3O. The highest BCUT2D eigenvalue weighted by atomic mass is 35.5. The maximum absolute atomic E-state index is 12.9. The van der Waals surface area contributed by atoms with Gasteiger partial charge in [-0.1, -0.05) is 112 Å². The second kappa shape index (κ2) is 13.6. The van der Waals surface area contributed by atoms with Crippen molar-refractivity contribution < 1.29 is 4.79 Å². The molecule has 0 bridgehead atoms. The van der Waals surface area contributed by atoms with Crippen LogP contribution in [0.15, 0.2) is 42.5 Å². The van der Waals surface area contributed by atoms with Gasteiger partial charge in [0.1, 0.15) is 0 Å². The third-order valence-electron chi connectivity index (χ3n) is 6.02. The molecule has 3 rings (SSSR count). The van der Waals surface area contributed by atoms with Gasteiger partial charge >= 0.3 is 0 Å². The van der Waals surface area contributed by atoms with Crippen LogP contribution in [0.5, 0.6) is 0 Å². The summed E-state index contributed by atoms with van der Waals surface area (Å²) in [6.45, 7) is 3.41. The number of hydrogen-bond acceptors (Lipinski definition) is 2. The van der Waals surface area contributed by atoms with Gasteiger partial charge in [-0.05, 0) is 30.2 Å². The quantitative estimate of drug-likeness (QED) is 0.233. The van der Waals surface area contributed by atoms with E-state index < -0.39 is 0 Å². The Kier molecular flexibility index (Phi) is 10.6. The number of nitrogens with one attached hydrogen (secondary N) is 1. The molecule has 0 aliphatic carbocycles. The summed E-state index contributed by atoms with van der Waals surface area (Å²) in [7, 11) is 0. The molecule has 33 heavy (non-hydrogen) atoms. The predicted octanol–water partition coefficient (Wildman–Crippen LogP) is 8.04. The van der Waals surface area contributed by atoms with E-state index in [1.54, 1.807) is 6.07 Å². The summed E-state index contributed by atoms with van der Waals surface area (Å²) < 4.78 is 1.83. The lowest BCUT2D eigenvalue weighted by Crippen LogP contribution is -2.25. The van der Waals surface area contributed by atoms with Crippen molar-refractivity contribution in [1.82, 2.24) is 15.1 Å². The first-order chi connectivity index (χ1) is 16.1. The number of unbranched alkanes of at least 4 members (excludes halogenated alkanes) is 9. The van der Waals surface area contributed by atoms with E-state index in [0.717, 1.165) is 29.3 Å². The number of para-hydroxylation sites is 1. The molecule has 0 radical (unpaired) electrons. The molecular weight excluding hydrogens is 453 g/mol. The molecule has 0 fully saturated rings. The van der Waals surface area contributed by atoms with Crippen LogP contribution in [-0.2, 0) is 6.54 Å². The molecule has 1 heterocycles. The minimum absolute atomic E-state index is 0.122. The van der Waals surface area contributed by atoms with Crippen LogP contribution in [0.1, 0.15) is 87.2 Å². The first-order valence-corrected chi connectivity index (χ1v) is 13.0. The summed E-state index contributed by atoms with van der Waals surface area (Å²) in [5.41, 5.74) is 2.28. The third-order valence-corrected chi connectivity index (χ3v) is 6.61. The van der Waals surface area contributed by atoms with Gasteiger partial charge in [0, 0.05) is 22.0 Å². The van der Waals surface area contributed by atoms with Crippen molar-refractivity contribution in [3.8, 4) is 0 Å². The highest BCUT2D eigenvalue weighted by Crippen LogP contribution is 2.24. The van der Waals surface area contributed by atoms with Gasteiger partial charge in [0.05, 0.1) is 12.1 Å². The molecule has 6 heteroatoms. The molecule has 0 saturated carbocycles. The van der Waals surface area contributed by atoms with E-state index in [9.17, 15) is 4.79 Å². The summed E-state index contributed by atoms with van der Waals surface area (Å²) in [4.78, 5) is 12.9. The molecule has 1 N–H and O–H groups in total. The number of halogens is 2. The second-order valence-corrected chi connectivity index (χ2v) is 9.54. The number of amides is 1. The number of carbonyl (C=O) groups is 1. The van der Waals surface area contributed by atoms with Gasteiger partial charge < -0.3 is 5.32 Å². The molecule has 178 valence electrons. The Morgan fingerprint density at radius 3 is 2.27 bits per heavy atom. The summed E-state index contributed by atoms with van der Waals surface area (Å²) >= 11 is 12.4. The van der Waals surface area contributed by atoms with Gasteiger partial charge in [-0.2, -0.15) is 5.10 Å². The average molecular weight is 489 g/mol. The lowest BCUT2D eigenvalue weighted by Gasteiger charge is -2.06. The van der Waals surface area contributed by atoms with Crippen LogP contribution in [-0.4, -0.2) is 22.2 Å². The van der Waals surface area contributed by atoms with Crippen molar-refractivity contribution in [2.45, 2.75) is 77.7 Å². The van der Waals surface area contributed by atoms with E-state index in [1.807, 2.05) is 41.1 Å². The number of benzene rings is 2. The number of hydrogen-bond donors (Lipinski definition) is 1. The Bertz CT molecular complexity index is 1030. The fraction of sp³-hybridized carbons (Fsp3) is 0.481. The largest absolute Gasteiger partial charge is 0.351 e. The lowest BCUT2D eigenvalue weighted by molar-refractivity contribution is 0.0948. The minimum atomic E-state index is -0.122. The van der Waals surface area contributed by atoms with E-state index in [0.29, 0.717) is 28.8 Å². The van der Waals surface area contributed by atoms with Crippen LogP contribution in [0.3, 0.4) is 0 Å². The standard InChI is InChI=1S/C27H35Cl2N3O/c1-2-3-4-5-6-7-8-9-10-13-18-30-27(33)26-23-14-11-12-15-25(23)32(31-26)20-21-16-17-22(28)19-24(21)29/h11-12,14-17,19H,2-10,13,18,20H2,1H3,(H,30,33). The summed E-state index contributed by atoms with van der Waals surface area (Å²) in [6, 6.07) is 13.2. The van der Waals surface area contributed by atoms with E-state index in [4.69, 9.17) is 23.2 Å². The van der Waals surface area contributed by atoms with Crippen LogP contribution >= 0.6 is 23.2 Å². The van der Waals surface area contributed by atoms with E-state index in [-0.39, 0.29) is 5.91 Å². The first-order valence-electron chi connectivity index (χ1n) is 12.3. The molecule has 0 aliphatic rings. The van der Waals surface area contributed by atoms with Crippen LogP contribution in [0.4, 0.5) is 0 Å². The van der Waals surface area contributed by atoms with Crippen LogP contribution in [0, 0.1) is 0 Å².